The first kappa shape index (κ1) is 25.7. The monoisotopic (exact) mass is 518 g/mol. The molecule has 4 rings (SSSR count). The SMILES string of the molecule is Nc1ccc(Oc2cccc(C(c3cccc(Oc4ccc(N)cc4)c3)(C(F)(F)F)C(F)(F)F)c2)cc1. The van der Waals surface area contributed by atoms with Crippen LogP contribution in [0.2, 0.25) is 0 Å². The summed E-state index contributed by atoms with van der Waals surface area (Å²) in [4.78, 5) is 0. The van der Waals surface area contributed by atoms with Crippen molar-refractivity contribution in [2.75, 3.05) is 11.5 Å². The topological polar surface area (TPSA) is 70.5 Å². The zero-order valence-electron chi connectivity index (χ0n) is 19.0. The molecule has 0 saturated heterocycles. The molecule has 37 heavy (non-hydrogen) atoms. The van der Waals surface area contributed by atoms with Gasteiger partial charge in [0.1, 0.15) is 23.0 Å². The first-order chi connectivity index (χ1) is 17.4. The Kier molecular flexibility index (Phi) is 6.68. The molecule has 0 unspecified atom stereocenters. The highest BCUT2D eigenvalue weighted by Crippen LogP contribution is 2.57. The fourth-order valence-corrected chi connectivity index (χ4v) is 3.91. The molecule has 0 atom stereocenters. The van der Waals surface area contributed by atoms with Gasteiger partial charge in [0.15, 0.2) is 0 Å². The van der Waals surface area contributed by atoms with Gasteiger partial charge in [-0.05, 0) is 83.9 Å². The second-order valence-corrected chi connectivity index (χ2v) is 8.14. The van der Waals surface area contributed by atoms with E-state index in [-0.39, 0.29) is 23.0 Å². The Morgan fingerprint density at radius 3 is 1.14 bits per heavy atom. The van der Waals surface area contributed by atoms with Crippen LogP contribution in [-0.2, 0) is 5.41 Å². The van der Waals surface area contributed by atoms with Crippen LogP contribution >= 0.6 is 0 Å². The Balaban J connectivity index is 1.83. The van der Waals surface area contributed by atoms with Gasteiger partial charge < -0.3 is 20.9 Å². The van der Waals surface area contributed by atoms with Gasteiger partial charge in [-0.2, -0.15) is 26.3 Å². The number of alkyl halides is 6. The number of halogens is 6. The van der Waals surface area contributed by atoms with Crippen molar-refractivity contribution in [2.24, 2.45) is 0 Å². The zero-order chi connectivity index (χ0) is 26.8. The Bertz CT molecular complexity index is 1260. The maximum absolute atomic E-state index is 14.6. The number of benzene rings is 4. The minimum atomic E-state index is -5.77. The molecule has 0 amide bonds. The van der Waals surface area contributed by atoms with Crippen molar-refractivity contribution in [3.63, 3.8) is 0 Å². The molecule has 4 aromatic rings. The summed E-state index contributed by atoms with van der Waals surface area (Å²) in [5.74, 6) is -0.0476. The first-order valence-electron chi connectivity index (χ1n) is 10.8. The molecule has 4 nitrogen and oxygen atoms in total. The van der Waals surface area contributed by atoms with Gasteiger partial charge in [0.2, 0.25) is 5.41 Å². The van der Waals surface area contributed by atoms with Crippen molar-refractivity contribution in [1.82, 2.24) is 0 Å². The second kappa shape index (κ2) is 9.61. The van der Waals surface area contributed by atoms with Crippen LogP contribution in [0.25, 0.3) is 0 Å². The van der Waals surface area contributed by atoms with Crippen LogP contribution in [0.15, 0.2) is 97.1 Å². The van der Waals surface area contributed by atoms with Crippen LogP contribution in [0, 0.1) is 0 Å². The molecule has 0 aromatic heterocycles. The summed E-state index contributed by atoms with van der Waals surface area (Å²) in [7, 11) is 0. The Labute approximate surface area is 208 Å². The van der Waals surface area contributed by atoms with E-state index in [2.05, 4.69) is 0 Å². The smallest absolute Gasteiger partial charge is 0.411 e. The summed E-state index contributed by atoms with van der Waals surface area (Å²) in [6.07, 6.45) is -11.5. The molecule has 0 radical (unpaired) electrons. The van der Waals surface area contributed by atoms with Gasteiger partial charge in [-0.25, -0.2) is 0 Å². The number of nitrogen functional groups attached to an aromatic ring is 2. The third-order valence-corrected chi connectivity index (χ3v) is 5.62. The molecular weight excluding hydrogens is 498 g/mol. The van der Waals surface area contributed by atoms with Crippen LogP contribution in [0.3, 0.4) is 0 Å². The third-order valence-electron chi connectivity index (χ3n) is 5.62. The molecule has 0 aliphatic heterocycles. The molecule has 192 valence electrons. The fourth-order valence-electron chi connectivity index (χ4n) is 3.91. The molecule has 0 spiro atoms. The van der Waals surface area contributed by atoms with E-state index < -0.39 is 28.9 Å². The lowest BCUT2D eigenvalue weighted by atomic mass is 9.73. The van der Waals surface area contributed by atoms with Crippen LogP contribution in [0.5, 0.6) is 23.0 Å². The van der Waals surface area contributed by atoms with E-state index in [0.29, 0.717) is 11.4 Å². The molecule has 0 aliphatic carbocycles. The maximum Gasteiger partial charge on any atom is 0.411 e. The zero-order valence-corrected chi connectivity index (χ0v) is 19.0. The van der Waals surface area contributed by atoms with E-state index in [4.69, 9.17) is 20.9 Å². The van der Waals surface area contributed by atoms with Gasteiger partial charge in [-0.1, -0.05) is 24.3 Å². The predicted molar refractivity (Wildman–Crippen MR) is 128 cm³/mol. The minimum Gasteiger partial charge on any atom is -0.457 e. The predicted octanol–water partition coefficient (Wildman–Crippen LogP) is 7.85. The lowest BCUT2D eigenvalue weighted by molar-refractivity contribution is -0.288. The van der Waals surface area contributed by atoms with Gasteiger partial charge in [-0.15, -0.1) is 0 Å². The van der Waals surface area contributed by atoms with Gasteiger partial charge in [0.05, 0.1) is 0 Å². The van der Waals surface area contributed by atoms with Gasteiger partial charge in [0.25, 0.3) is 0 Å². The Morgan fingerprint density at radius 2 is 0.811 bits per heavy atom. The van der Waals surface area contributed by atoms with E-state index >= 15 is 0 Å². The quantitative estimate of drug-likeness (QED) is 0.202. The van der Waals surface area contributed by atoms with Gasteiger partial charge >= 0.3 is 12.4 Å². The molecule has 0 heterocycles. The Hall–Kier alpha value is -4.34. The van der Waals surface area contributed by atoms with E-state index in [1.807, 2.05) is 0 Å². The van der Waals surface area contributed by atoms with Crippen LogP contribution in [-0.4, -0.2) is 12.4 Å². The highest BCUT2D eigenvalue weighted by Gasteiger charge is 2.72. The largest absolute Gasteiger partial charge is 0.457 e. The average Bonchev–Trinajstić information content (AvgIpc) is 2.81. The lowest BCUT2D eigenvalue weighted by Crippen LogP contribution is -2.54. The average molecular weight is 518 g/mol. The molecule has 10 heteroatoms. The van der Waals surface area contributed by atoms with E-state index in [9.17, 15) is 26.3 Å². The Morgan fingerprint density at radius 1 is 0.459 bits per heavy atom. The second-order valence-electron chi connectivity index (χ2n) is 8.14. The van der Waals surface area contributed by atoms with Crippen molar-refractivity contribution in [3.05, 3.63) is 108 Å². The van der Waals surface area contributed by atoms with E-state index in [1.165, 1.54) is 60.7 Å². The summed E-state index contributed by atoms with van der Waals surface area (Å²) in [6, 6.07) is 19.4. The lowest BCUT2D eigenvalue weighted by Gasteiger charge is -2.38. The molecular formula is C27H20F6N2O2. The van der Waals surface area contributed by atoms with E-state index in [0.717, 1.165) is 36.4 Å². The third kappa shape index (κ3) is 5.13. The van der Waals surface area contributed by atoms with Crippen molar-refractivity contribution in [1.29, 1.82) is 0 Å². The molecule has 0 bridgehead atoms. The first-order valence-corrected chi connectivity index (χ1v) is 10.8. The van der Waals surface area contributed by atoms with Crippen molar-refractivity contribution >= 4 is 11.4 Å². The van der Waals surface area contributed by atoms with Crippen LogP contribution in [0.4, 0.5) is 37.7 Å². The standard InChI is InChI=1S/C27H20F6N2O2/c28-26(29,30)25(27(31,32)33,17-3-1-5-23(15-17)36-21-11-7-19(34)8-12-21)18-4-2-6-24(16-18)37-22-13-9-20(35)10-14-22/h1-16H,34-35H2. The minimum absolute atomic E-state index is 0.190. The fraction of sp³-hybridized carbons (Fsp3) is 0.111. The van der Waals surface area contributed by atoms with Crippen LogP contribution < -0.4 is 20.9 Å². The summed E-state index contributed by atoms with van der Waals surface area (Å²) < 4.78 is 98.8. The number of hydrogen-bond acceptors (Lipinski definition) is 4. The number of nitrogens with two attached hydrogens (primary N) is 2. The normalized spacial score (nSPS) is 12.3. The van der Waals surface area contributed by atoms with Crippen molar-refractivity contribution < 1.29 is 35.8 Å². The molecule has 0 aliphatic rings. The van der Waals surface area contributed by atoms with E-state index in [1.54, 1.807) is 0 Å². The van der Waals surface area contributed by atoms with Gasteiger partial charge in [0, 0.05) is 11.4 Å². The van der Waals surface area contributed by atoms with Crippen LogP contribution in [0.1, 0.15) is 11.1 Å². The van der Waals surface area contributed by atoms with Gasteiger partial charge in [-0.3, -0.25) is 0 Å². The molecule has 4 N–H and O–H groups in total. The summed E-state index contributed by atoms with van der Waals surface area (Å²) >= 11 is 0. The molecule has 4 aromatic carbocycles. The molecule has 0 fully saturated rings. The maximum atomic E-state index is 14.6. The highest BCUT2D eigenvalue weighted by molar-refractivity contribution is 5.50. The highest BCUT2D eigenvalue weighted by atomic mass is 19.4. The number of anilines is 2. The number of hydrogen-bond donors (Lipinski definition) is 2. The summed E-state index contributed by atoms with van der Waals surface area (Å²) in [5.41, 5.74) is 5.54. The van der Waals surface area contributed by atoms with Crippen molar-refractivity contribution in [3.8, 4) is 23.0 Å². The molecule has 0 saturated carbocycles. The number of rotatable bonds is 6. The number of ether oxygens (including phenoxy) is 2. The summed E-state index contributed by atoms with van der Waals surface area (Å²) in [6.45, 7) is 0. The summed E-state index contributed by atoms with van der Waals surface area (Å²) in [5, 5.41) is 0. The van der Waals surface area contributed by atoms with Crippen molar-refractivity contribution in [2.45, 2.75) is 17.8 Å².